The number of amides is 2. The molecule has 1 heterocycles. The fourth-order valence-corrected chi connectivity index (χ4v) is 3.25. The first-order valence-corrected chi connectivity index (χ1v) is 9.26. The number of rotatable bonds is 4. The molecule has 0 saturated heterocycles. The van der Waals surface area contributed by atoms with Crippen LogP contribution in [0.25, 0.3) is 10.2 Å². The SMILES string of the molecule is COc1cccc2sc(NC(=O)c3cccc(NC(=O)C(C)(C)C)c3)nc12. The van der Waals surface area contributed by atoms with Gasteiger partial charge in [-0.2, -0.15) is 0 Å². The molecule has 0 fully saturated rings. The van der Waals surface area contributed by atoms with Crippen molar-refractivity contribution in [3.05, 3.63) is 48.0 Å². The molecule has 3 aromatic rings. The number of nitrogens with zero attached hydrogens (tertiary/aromatic N) is 1. The molecule has 0 bridgehead atoms. The lowest BCUT2D eigenvalue weighted by Crippen LogP contribution is -2.27. The molecule has 2 aromatic carbocycles. The van der Waals surface area contributed by atoms with Gasteiger partial charge in [-0.05, 0) is 30.3 Å². The van der Waals surface area contributed by atoms with Gasteiger partial charge in [0.05, 0.1) is 11.8 Å². The fraction of sp³-hybridized carbons (Fsp3) is 0.250. The number of methoxy groups -OCH3 is 1. The summed E-state index contributed by atoms with van der Waals surface area (Å²) >= 11 is 1.38. The van der Waals surface area contributed by atoms with Crippen molar-refractivity contribution in [1.29, 1.82) is 0 Å². The second kappa shape index (κ2) is 7.36. The predicted octanol–water partition coefficient (Wildman–Crippen LogP) is 4.54. The number of ether oxygens (including phenoxy) is 1. The van der Waals surface area contributed by atoms with Crippen molar-refractivity contribution >= 4 is 44.2 Å². The van der Waals surface area contributed by atoms with Gasteiger partial charge in [0, 0.05) is 16.7 Å². The van der Waals surface area contributed by atoms with Crippen molar-refractivity contribution in [2.24, 2.45) is 5.41 Å². The molecule has 2 amide bonds. The molecular weight excluding hydrogens is 362 g/mol. The van der Waals surface area contributed by atoms with Crippen molar-refractivity contribution in [2.75, 3.05) is 17.7 Å². The molecular formula is C20H21N3O3S. The molecule has 0 spiro atoms. The van der Waals surface area contributed by atoms with E-state index in [0.717, 1.165) is 4.70 Å². The number of anilines is 2. The quantitative estimate of drug-likeness (QED) is 0.693. The molecule has 0 aliphatic heterocycles. The van der Waals surface area contributed by atoms with Gasteiger partial charge in [-0.15, -0.1) is 0 Å². The van der Waals surface area contributed by atoms with E-state index >= 15 is 0 Å². The Hall–Kier alpha value is -2.93. The minimum atomic E-state index is -0.516. The maximum atomic E-state index is 12.6. The van der Waals surface area contributed by atoms with Gasteiger partial charge in [-0.3, -0.25) is 14.9 Å². The first-order valence-electron chi connectivity index (χ1n) is 8.44. The molecule has 0 aliphatic rings. The van der Waals surface area contributed by atoms with E-state index in [1.807, 2.05) is 39.0 Å². The number of fused-ring (bicyclic) bond motifs is 1. The Kier molecular flexibility index (Phi) is 5.14. The van der Waals surface area contributed by atoms with E-state index in [1.165, 1.54) is 11.3 Å². The Bertz CT molecular complexity index is 1010. The first-order chi connectivity index (χ1) is 12.8. The minimum Gasteiger partial charge on any atom is -0.494 e. The Morgan fingerprint density at radius 1 is 1.07 bits per heavy atom. The molecule has 0 radical (unpaired) electrons. The lowest BCUT2D eigenvalue weighted by molar-refractivity contribution is -0.123. The number of benzene rings is 2. The van der Waals surface area contributed by atoms with Crippen LogP contribution in [0, 0.1) is 5.41 Å². The number of aromatic nitrogens is 1. The summed E-state index contributed by atoms with van der Waals surface area (Å²) in [6, 6.07) is 12.5. The average Bonchev–Trinajstić information content (AvgIpc) is 3.03. The van der Waals surface area contributed by atoms with Gasteiger partial charge >= 0.3 is 0 Å². The van der Waals surface area contributed by atoms with Gasteiger partial charge in [0.1, 0.15) is 11.3 Å². The average molecular weight is 383 g/mol. The predicted molar refractivity (Wildman–Crippen MR) is 109 cm³/mol. The first kappa shape index (κ1) is 18.8. The molecule has 7 heteroatoms. The van der Waals surface area contributed by atoms with Crippen molar-refractivity contribution in [3.8, 4) is 5.75 Å². The van der Waals surface area contributed by atoms with Crippen LogP contribution in [-0.4, -0.2) is 23.9 Å². The number of carbonyl (C=O) groups is 2. The smallest absolute Gasteiger partial charge is 0.257 e. The number of hydrogen-bond donors (Lipinski definition) is 2. The molecule has 0 atom stereocenters. The van der Waals surface area contributed by atoms with E-state index in [1.54, 1.807) is 31.4 Å². The molecule has 140 valence electrons. The van der Waals surface area contributed by atoms with Gasteiger partial charge in [-0.25, -0.2) is 4.98 Å². The summed E-state index contributed by atoms with van der Waals surface area (Å²) in [5.74, 6) is 0.259. The van der Waals surface area contributed by atoms with Gasteiger partial charge in [-0.1, -0.05) is 44.2 Å². The lowest BCUT2D eigenvalue weighted by Gasteiger charge is -2.17. The lowest BCUT2D eigenvalue weighted by atomic mass is 9.95. The minimum absolute atomic E-state index is 0.113. The standard InChI is InChI=1S/C20H21N3O3S/c1-20(2,3)18(25)21-13-8-5-7-12(11-13)17(24)23-19-22-16-14(26-4)9-6-10-15(16)27-19/h5-11H,1-4H3,(H,21,25)(H,22,23,24). The highest BCUT2D eigenvalue weighted by atomic mass is 32.1. The van der Waals surface area contributed by atoms with E-state index in [9.17, 15) is 9.59 Å². The van der Waals surface area contributed by atoms with Gasteiger partial charge in [0.15, 0.2) is 5.13 Å². The largest absolute Gasteiger partial charge is 0.494 e. The summed E-state index contributed by atoms with van der Waals surface area (Å²) in [5, 5.41) is 6.13. The molecule has 0 unspecified atom stereocenters. The van der Waals surface area contributed by atoms with E-state index in [2.05, 4.69) is 15.6 Å². The van der Waals surface area contributed by atoms with E-state index < -0.39 is 5.41 Å². The summed E-state index contributed by atoms with van der Waals surface area (Å²) in [6.45, 7) is 5.50. The zero-order valence-electron chi connectivity index (χ0n) is 15.6. The maximum Gasteiger partial charge on any atom is 0.257 e. The zero-order chi connectivity index (χ0) is 19.6. The molecule has 3 rings (SSSR count). The van der Waals surface area contributed by atoms with Crippen LogP contribution in [-0.2, 0) is 4.79 Å². The number of hydrogen-bond acceptors (Lipinski definition) is 5. The van der Waals surface area contributed by atoms with E-state index in [4.69, 9.17) is 4.74 Å². The van der Waals surface area contributed by atoms with Crippen LogP contribution in [0.4, 0.5) is 10.8 Å². The normalized spacial score (nSPS) is 11.3. The highest BCUT2D eigenvalue weighted by molar-refractivity contribution is 7.22. The third kappa shape index (κ3) is 4.25. The molecule has 0 aliphatic carbocycles. The van der Waals surface area contributed by atoms with Gasteiger partial charge in [0.2, 0.25) is 5.91 Å². The van der Waals surface area contributed by atoms with Crippen LogP contribution in [0.3, 0.4) is 0 Å². The Labute approximate surface area is 161 Å². The maximum absolute atomic E-state index is 12.6. The van der Waals surface area contributed by atoms with Crippen LogP contribution in [0.1, 0.15) is 31.1 Å². The topological polar surface area (TPSA) is 80.3 Å². The van der Waals surface area contributed by atoms with Crippen molar-refractivity contribution < 1.29 is 14.3 Å². The highest BCUT2D eigenvalue weighted by Crippen LogP contribution is 2.32. The van der Waals surface area contributed by atoms with E-state index in [-0.39, 0.29) is 11.8 Å². The Morgan fingerprint density at radius 3 is 2.52 bits per heavy atom. The molecule has 1 aromatic heterocycles. The fourth-order valence-electron chi connectivity index (χ4n) is 2.37. The molecule has 27 heavy (non-hydrogen) atoms. The highest BCUT2D eigenvalue weighted by Gasteiger charge is 2.21. The van der Waals surface area contributed by atoms with Gasteiger partial charge in [0.25, 0.3) is 5.91 Å². The number of carbonyl (C=O) groups excluding carboxylic acids is 2. The number of nitrogens with one attached hydrogen (secondary N) is 2. The van der Waals surface area contributed by atoms with Crippen molar-refractivity contribution in [3.63, 3.8) is 0 Å². The number of para-hydroxylation sites is 1. The third-order valence-electron chi connectivity index (χ3n) is 3.89. The summed E-state index contributed by atoms with van der Waals surface area (Å²) < 4.78 is 6.23. The molecule has 0 saturated carbocycles. The summed E-state index contributed by atoms with van der Waals surface area (Å²) in [7, 11) is 1.59. The second-order valence-electron chi connectivity index (χ2n) is 7.07. The Balaban J connectivity index is 1.79. The third-order valence-corrected chi connectivity index (χ3v) is 4.82. The summed E-state index contributed by atoms with van der Waals surface area (Å²) in [5.41, 5.74) is 1.21. The summed E-state index contributed by atoms with van der Waals surface area (Å²) in [6.07, 6.45) is 0. The number of thiazole rings is 1. The van der Waals surface area contributed by atoms with Crippen LogP contribution >= 0.6 is 11.3 Å². The molecule has 2 N–H and O–H groups in total. The zero-order valence-corrected chi connectivity index (χ0v) is 16.4. The van der Waals surface area contributed by atoms with Crippen LogP contribution in [0.5, 0.6) is 5.75 Å². The summed E-state index contributed by atoms with van der Waals surface area (Å²) in [4.78, 5) is 29.2. The molecule has 6 nitrogen and oxygen atoms in total. The monoisotopic (exact) mass is 383 g/mol. The van der Waals surface area contributed by atoms with Crippen molar-refractivity contribution in [2.45, 2.75) is 20.8 Å². The van der Waals surface area contributed by atoms with Crippen LogP contribution in [0.15, 0.2) is 42.5 Å². The Morgan fingerprint density at radius 2 is 1.81 bits per heavy atom. The van der Waals surface area contributed by atoms with Gasteiger partial charge < -0.3 is 10.1 Å². The second-order valence-corrected chi connectivity index (χ2v) is 8.10. The van der Waals surface area contributed by atoms with Crippen LogP contribution in [0.2, 0.25) is 0 Å². The van der Waals surface area contributed by atoms with E-state index in [0.29, 0.717) is 27.6 Å². The van der Waals surface area contributed by atoms with Crippen LogP contribution < -0.4 is 15.4 Å². The van der Waals surface area contributed by atoms with Crippen molar-refractivity contribution in [1.82, 2.24) is 4.98 Å².